The van der Waals surface area contributed by atoms with Crippen molar-refractivity contribution >= 4 is 22.9 Å². The van der Waals surface area contributed by atoms with Crippen LogP contribution in [-0.4, -0.2) is 26.3 Å². The Balaban J connectivity index is 1.40. The van der Waals surface area contributed by atoms with E-state index in [1.807, 2.05) is 42.5 Å². The Morgan fingerprint density at radius 3 is 2.36 bits per heavy atom. The number of rotatable bonds is 8. The second-order valence-corrected chi connectivity index (χ2v) is 7.30. The van der Waals surface area contributed by atoms with E-state index in [0.29, 0.717) is 23.7 Å². The van der Waals surface area contributed by atoms with Gasteiger partial charge in [0.2, 0.25) is 0 Å². The maximum atomic E-state index is 12.4. The summed E-state index contributed by atoms with van der Waals surface area (Å²) in [5, 5.41) is 6.43. The molecular weight excluding hydrogens is 416 g/mol. The first-order valence-electron chi connectivity index (χ1n) is 10.4. The van der Waals surface area contributed by atoms with Crippen LogP contribution >= 0.6 is 0 Å². The van der Waals surface area contributed by atoms with E-state index in [4.69, 9.17) is 14.2 Å². The minimum absolute atomic E-state index is 0.369. The zero-order chi connectivity index (χ0) is 23.0. The van der Waals surface area contributed by atoms with Gasteiger partial charge in [-0.15, -0.1) is 0 Å². The van der Waals surface area contributed by atoms with Crippen molar-refractivity contribution < 1.29 is 19.0 Å². The molecule has 1 amide bonds. The Bertz CT molecular complexity index is 1270. The number of benzene rings is 4. The van der Waals surface area contributed by atoms with Gasteiger partial charge < -0.3 is 14.2 Å². The minimum Gasteiger partial charge on any atom is -0.497 e. The Labute approximate surface area is 192 Å². The molecule has 0 saturated carbocycles. The highest BCUT2D eigenvalue weighted by Crippen LogP contribution is 2.23. The maximum absolute atomic E-state index is 12.4. The number of carbonyl (C=O) groups is 1. The fourth-order valence-corrected chi connectivity index (χ4v) is 3.43. The van der Waals surface area contributed by atoms with E-state index in [0.717, 1.165) is 16.9 Å². The van der Waals surface area contributed by atoms with Crippen LogP contribution in [0.3, 0.4) is 0 Å². The summed E-state index contributed by atoms with van der Waals surface area (Å²) >= 11 is 0. The van der Waals surface area contributed by atoms with Gasteiger partial charge in [0.05, 0.1) is 20.4 Å². The first kappa shape index (κ1) is 21.9. The van der Waals surface area contributed by atoms with Crippen LogP contribution in [0.2, 0.25) is 0 Å². The predicted molar refractivity (Wildman–Crippen MR) is 129 cm³/mol. The largest absolute Gasteiger partial charge is 0.497 e. The molecule has 6 nitrogen and oxygen atoms in total. The summed E-state index contributed by atoms with van der Waals surface area (Å²) in [6, 6.07) is 26.9. The molecule has 1 N–H and O–H groups in total. The van der Waals surface area contributed by atoms with Gasteiger partial charge in [-0.25, -0.2) is 5.43 Å². The van der Waals surface area contributed by atoms with Crippen LogP contribution in [0.25, 0.3) is 10.8 Å². The van der Waals surface area contributed by atoms with E-state index >= 15 is 0 Å². The van der Waals surface area contributed by atoms with E-state index in [1.54, 1.807) is 24.4 Å². The van der Waals surface area contributed by atoms with Crippen molar-refractivity contribution in [2.24, 2.45) is 5.10 Å². The number of nitrogens with one attached hydrogen (secondary N) is 1. The Hall–Kier alpha value is -4.32. The van der Waals surface area contributed by atoms with E-state index < -0.39 is 0 Å². The summed E-state index contributed by atoms with van der Waals surface area (Å²) < 4.78 is 16.4. The standard InChI is InChI=1S/C27H24N2O4/c1-31-24-14-22(15-25(16-24)32-2)27(30)29-28-17-19-7-5-11-23(13-19)33-18-21-10-6-9-20-8-3-4-12-26(20)21/h3-17H,18H2,1-2H3,(H,29,30)/b28-17-. The van der Waals surface area contributed by atoms with E-state index in [9.17, 15) is 4.79 Å². The number of methoxy groups -OCH3 is 2. The van der Waals surface area contributed by atoms with Crippen LogP contribution in [0, 0.1) is 0 Å². The van der Waals surface area contributed by atoms with Crippen LogP contribution in [0.15, 0.2) is 90.0 Å². The van der Waals surface area contributed by atoms with Crippen LogP contribution in [0.4, 0.5) is 0 Å². The molecule has 0 unspecified atom stereocenters. The molecule has 0 fully saturated rings. The molecule has 33 heavy (non-hydrogen) atoms. The molecule has 0 radical (unpaired) electrons. The number of hydrogen-bond donors (Lipinski definition) is 1. The van der Waals surface area contributed by atoms with Crippen molar-refractivity contribution in [1.29, 1.82) is 0 Å². The molecule has 166 valence electrons. The van der Waals surface area contributed by atoms with Crippen LogP contribution in [0.5, 0.6) is 17.2 Å². The van der Waals surface area contributed by atoms with Gasteiger partial charge >= 0.3 is 0 Å². The van der Waals surface area contributed by atoms with Crippen molar-refractivity contribution in [3.63, 3.8) is 0 Å². The van der Waals surface area contributed by atoms with Crippen LogP contribution in [-0.2, 0) is 6.61 Å². The van der Waals surface area contributed by atoms with Gasteiger partial charge in [0, 0.05) is 11.6 Å². The second-order valence-electron chi connectivity index (χ2n) is 7.30. The van der Waals surface area contributed by atoms with Gasteiger partial charge in [-0.05, 0) is 46.2 Å². The fourth-order valence-electron chi connectivity index (χ4n) is 3.43. The Morgan fingerprint density at radius 2 is 1.58 bits per heavy atom. The smallest absolute Gasteiger partial charge is 0.271 e. The molecule has 0 spiro atoms. The lowest BCUT2D eigenvalue weighted by Gasteiger charge is -2.09. The molecular formula is C27H24N2O4. The van der Waals surface area contributed by atoms with E-state index in [2.05, 4.69) is 34.8 Å². The number of hydrazone groups is 1. The second kappa shape index (κ2) is 10.3. The third kappa shape index (κ3) is 5.49. The monoisotopic (exact) mass is 440 g/mol. The summed E-state index contributed by atoms with van der Waals surface area (Å²) in [6.07, 6.45) is 1.57. The molecule has 0 heterocycles. The molecule has 0 bridgehead atoms. The van der Waals surface area contributed by atoms with Crippen molar-refractivity contribution in [1.82, 2.24) is 5.43 Å². The quantitative estimate of drug-likeness (QED) is 0.302. The lowest BCUT2D eigenvalue weighted by atomic mass is 10.1. The molecule has 0 aliphatic rings. The summed E-state index contributed by atoms with van der Waals surface area (Å²) in [7, 11) is 3.06. The number of fused-ring (bicyclic) bond motifs is 1. The number of carbonyl (C=O) groups excluding carboxylic acids is 1. The third-order valence-electron chi connectivity index (χ3n) is 5.13. The molecule has 0 aromatic heterocycles. The number of ether oxygens (including phenoxy) is 3. The lowest BCUT2D eigenvalue weighted by molar-refractivity contribution is 0.0954. The Kier molecular flexibility index (Phi) is 6.85. The molecule has 4 rings (SSSR count). The zero-order valence-corrected chi connectivity index (χ0v) is 18.4. The minimum atomic E-state index is -0.369. The molecule has 0 aliphatic carbocycles. The highest BCUT2D eigenvalue weighted by atomic mass is 16.5. The summed E-state index contributed by atoms with van der Waals surface area (Å²) in [5.41, 5.74) is 4.83. The summed E-state index contributed by atoms with van der Waals surface area (Å²) in [4.78, 5) is 12.4. The van der Waals surface area contributed by atoms with Gasteiger partial charge in [0.25, 0.3) is 5.91 Å². The SMILES string of the molecule is COc1cc(OC)cc(C(=O)N/N=C\c2cccc(OCc3cccc4ccccc34)c2)c1. The Morgan fingerprint density at radius 1 is 0.848 bits per heavy atom. The van der Waals surface area contributed by atoms with E-state index in [1.165, 1.54) is 25.0 Å². The fraction of sp³-hybridized carbons (Fsp3) is 0.111. The van der Waals surface area contributed by atoms with Crippen molar-refractivity contribution in [3.8, 4) is 17.2 Å². The number of hydrogen-bond acceptors (Lipinski definition) is 5. The van der Waals surface area contributed by atoms with Gasteiger partial charge in [-0.2, -0.15) is 5.10 Å². The van der Waals surface area contributed by atoms with Crippen LogP contribution < -0.4 is 19.6 Å². The van der Waals surface area contributed by atoms with Crippen molar-refractivity contribution in [2.75, 3.05) is 14.2 Å². The number of nitrogens with zero attached hydrogens (tertiary/aromatic N) is 1. The van der Waals surface area contributed by atoms with Gasteiger partial charge in [0.1, 0.15) is 23.9 Å². The van der Waals surface area contributed by atoms with Crippen LogP contribution in [0.1, 0.15) is 21.5 Å². The van der Waals surface area contributed by atoms with Crippen molar-refractivity contribution in [3.05, 3.63) is 102 Å². The topological polar surface area (TPSA) is 69.2 Å². The van der Waals surface area contributed by atoms with Gasteiger partial charge in [-0.1, -0.05) is 54.6 Å². The lowest BCUT2D eigenvalue weighted by Crippen LogP contribution is -2.17. The number of amides is 1. The van der Waals surface area contributed by atoms with Crippen molar-refractivity contribution in [2.45, 2.75) is 6.61 Å². The molecule has 4 aromatic rings. The molecule has 0 atom stereocenters. The average molecular weight is 440 g/mol. The first-order chi connectivity index (χ1) is 16.2. The predicted octanol–water partition coefficient (Wildman–Crippen LogP) is 5.20. The highest BCUT2D eigenvalue weighted by Gasteiger charge is 2.09. The first-order valence-corrected chi connectivity index (χ1v) is 10.4. The van der Waals surface area contributed by atoms with Gasteiger partial charge in [0.15, 0.2) is 0 Å². The van der Waals surface area contributed by atoms with E-state index in [-0.39, 0.29) is 5.91 Å². The third-order valence-corrected chi connectivity index (χ3v) is 5.13. The molecule has 0 saturated heterocycles. The molecule has 0 aliphatic heterocycles. The normalized spacial score (nSPS) is 10.8. The maximum Gasteiger partial charge on any atom is 0.271 e. The molecule has 6 heteroatoms. The highest BCUT2D eigenvalue weighted by molar-refractivity contribution is 5.95. The van der Waals surface area contributed by atoms with Gasteiger partial charge in [-0.3, -0.25) is 4.79 Å². The molecule has 4 aromatic carbocycles. The zero-order valence-electron chi connectivity index (χ0n) is 18.4. The summed E-state index contributed by atoms with van der Waals surface area (Å²) in [5.74, 6) is 1.40. The summed E-state index contributed by atoms with van der Waals surface area (Å²) in [6.45, 7) is 0.455. The average Bonchev–Trinajstić information content (AvgIpc) is 2.87.